The van der Waals surface area contributed by atoms with E-state index in [-0.39, 0.29) is 11.9 Å². The Morgan fingerprint density at radius 3 is 3.00 bits per heavy atom. The predicted octanol–water partition coefficient (Wildman–Crippen LogP) is 2.51. The number of likely N-dealkylation sites (tertiary alicyclic amines) is 1. The number of likely N-dealkylation sites (N-methyl/N-ethyl adjacent to an activating group) is 1. The summed E-state index contributed by atoms with van der Waals surface area (Å²) in [6.45, 7) is 0.994. The standard InChI is InChI=1S/C18H19FN6O2/c1-23(13-3-2-8-24(11-13)18(26)27)16-6-7-20-17(22-16)14-9-21-15-5-4-12(19)10-25(14)15/h4-7,9-10,13H,2-3,8,11H2,1H3,(H,26,27). The highest BCUT2D eigenvalue weighted by molar-refractivity contribution is 5.65. The first-order valence-electron chi connectivity index (χ1n) is 8.69. The number of nitrogens with zero attached hydrogens (tertiary/aromatic N) is 6. The van der Waals surface area contributed by atoms with Crippen LogP contribution in [0.3, 0.4) is 0 Å². The third kappa shape index (κ3) is 3.27. The molecular formula is C18H19FN6O2. The van der Waals surface area contributed by atoms with Crippen LogP contribution in [-0.2, 0) is 0 Å². The summed E-state index contributed by atoms with van der Waals surface area (Å²) < 4.78 is 15.2. The maximum Gasteiger partial charge on any atom is 0.407 e. The number of anilines is 1. The zero-order valence-electron chi connectivity index (χ0n) is 14.8. The molecular weight excluding hydrogens is 351 g/mol. The lowest BCUT2D eigenvalue weighted by molar-refractivity contribution is 0.130. The molecule has 0 aliphatic carbocycles. The van der Waals surface area contributed by atoms with E-state index in [1.165, 1.54) is 17.2 Å². The molecule has 1 aliphatic rings. The van der Waals surface area contributed by atoms with Gasteiger partial charge in [0, 0.05) is 38.6 Å². The van der Waals surface area contributed by atoms with Crippen molar-refractivity contribution < 1.29 is 14.3 Å². The maximum atomic E-state index is 13.6. The van der Waals surface area contributed by atoms with Gasteiger partial charge < -0.3 is 14.9 Å². The molecule has 1 amide bonds. The van der Waals surface area contributed by atoms with Gasteiger partial charge in [-0.1, -0.05) is 0 Å². The third-order valence-corrected chi connectivity index (χ3v) is 4.92. The van der Waals surface area contributed by atoms with E-state index in [1.54, 1.807) is 28.9 Å². The van der Waals surface area contributed by atoms with Gasteiger partial charge in [-0.15, -0.1) is 0 Å². The second kappa shape index (κ2) is 6.82. The number of carboxylic acid groups (broad SMARTS) is 1. The summed E-state index contributed by atoms with van der Waals surface area (Å²) in [4.78, 5) is 27.8. The lowest BCUT2D eigenvalue weighted by atomic mass is 10.0. The van der Waals surface area contributed by atoms with Crippen molar-refractivity contribution in [1.29, 1.82) is 0 Å². The first-order chi connectivity index (χ1) is 13.0. The van der Waals surface area contributed by atoms with E-state index in [4.69, 9.17) is 0 Å². The molecule has 0 saturated carbocycles. The summed E-state index contributed by atoms with van der Waals surface area (Å²) in [5.41, 5.74) is 1.20. The molecule has 0 spiro atoms. The number of amides is 1. The molecule has 3 aromatic rings. The van der Waals surface area contributed by atoms with Crippen LogP contribution >= 0.6 is 0 Å². The van der Waals surface area contributed by atoms with Gasteiger partial charge in [-0.2, -0.15) is 0 Å². The number of pyridine rings is 1. The van der Waals surface area contributed by atoms with Crippen LogP contribution in [0.25, 0.3) is 17.2 Å². The number of fused-ring (bicyclic) bond motifs is 1. The minimum absolute atomic E-state index is 0.0391. The lowest BCUT2D eigenvalue weighted by Gasteiger charge is -2.36. The molecule has 27 heavy (non-hydrogen) atoms. The van der Waals surface area contributed by atoms with Gasteiger partial charge in [0.15, 0.2) is 5.82 Å². The molecule has 0 radical (unpaired) electrons. The zero-order chi connectivity index (χ0) is 19.0. The lowest BCUT2D eigenvalue weighted by Crippen LogP contribution is -2.48. The van der Waals surface area contributed by atoms with Crippen molar-refractivity contribution in [2.24, 2.45) is 0 Å². The second-order valence-electron chi connectivity index (χ2n) is 6.59. The molecule has 3 aromatic heterocycles. The average molecular weight is 370 g/mol. The molecule has 1 atom stereocenters. The normalized spacial score (nSPS) is 17.3. The summed E-state index contributed by atoms with van der Waals surface area (Å²) in [5.74, 6) is 0.748. The minimum Gasteiger partial charge on any atom is -0.465 e. The Balaban J connectivity index is 1.64. The maximum absolute atomic E-state index is 13.6. The Kier molecular flexibility index (Phi) is 4.35. The number of rotatable bonds is 3. The van der Waals surface area contributed by atoms with Gasteiger partial charge in [-0.3, -0.25) is 4.40 Å². The summed E-state index contributed by atoms with van der Waals surface area (Å²) in [6.07, 6.45) is 5.41. The number of hydrogen-bond acceptors (Lipinski definition) is 5. The van der Waals surface area contributed by atoms with Crippen molar-refractivity contribution in [3.8, 4) is 11.5 Å². The molecule has 8 nitrogen and oxygen atoms in total. The van der Waals surface area contributed by atoms with Crippen LogP contribution in [0.4, 0.5) is 15.0 Å². The van der Waals surface area contributed by atoms with E-state index < -0.39 is 6.09 Å². The van der Waals surface area contributed by atoms with Crippen LogP contribution in [0.5, 0.6) is 0 Å². The van der Waals surface area contributed by atoms with E-state index >= 15 is 0 Å². The summed E-state index contributed by atoms with van der Waals surface area (Å²) in [5, 5.41) is 9.24. The molecule has 4 heterocycles. The number of hydrogen-bond donors (Lipinski definition) is 1. The fraction of sp³-hybridized carbons (Fsp3) is 0.333. The van der Waals surface area contributed by atoms with Crippen LogP contribution in [-0.4, -0.2) is 61.6 Å². The molecule has 1 aliphatic heterocycles. The monoisotopic (exact) mass is 370 g/mol. The van der Waals surface area contributed by atoms with Gasteiger partial charge in [0.1, 0.15) is 23.0 Å². The van der Waals surface area contributed by atoms with E-state index in [0.717, 1.165) is 12.8 Å². The van der Waals surface area contributed by atoms with Gasteiger partial charge >= 0.3 is 6.09 Å². The predicted molar refractivity (Wildman–Crippen MR) is 97.2 cm³/mol. The van der Waals surface area contributed by atoms with Gasteiger partial charge in [-0.05, 0) is 31.0 Å². The van der Waals surface area contributed by atoms with Crippen molar-refractivity contribution in [1.82, 2.24) is 24.3 Å². The van der Waals surface area contributed by atoms with Crippen LogP contribution in [0.15, 0.2) is 36.8 Å². The highest BCUT2D eigenvalue weighted by Crippen LogP contribution is 2.23. The van der Waals surface area contributed by atoms with Crippen LogP contribution in [0.2, 0.25) is 0 Å². The van der Waals surface area contributed by atoms with E-state index in [1.807, 2.05) is 11.9 Å². The molecule has 1 N–H and O–H groups in total. The first-order valence-corrected chi connectivity index (χ1v) is 8.69. The highest BCUT2D eigenvalue weighted by Gasteiger charge is 2.27. The number of piperidine rings is 1. The molecule has 1 saturated heterocycles. The Labute approximate surface area is 154 Å². The van der Waals surface area contributed by atoms with E-state index in [9.17, 15) is 14.3 Å². The number of carbonyl (C=O) groups is 1. The Morgan fingerprint density at radius 2 is 2.19 bits per heavy atom. The van der Waals surface area contributed by atoms with Crippen molar-refractivity contribution >= 4 is 17.6 Å². The van der Waals surface area contributed by atoms with Crippen LogP contribution in [0.1, 0.15) is 12.8 Å². The number of halogens is 1. The Bertz CT molecular complexity index is 991. The van der Waals surface area contributed by atoms with E-state index in [0.29, 0.717) is 36.1 Å². The Hall–Kier alpha value is -3.23. The van der Waals surface area contributed by atoms with Crippen molar-refractivity contribution in [2.45, 2.75) is 18.9 Å². The smallest absolute Gasteiger partial charge is 0.407 e. The molecule has 9 heteroatoms. The molecule has 1 fully saturated rings. The van der Waals surface area contributed by atoms with Gasteiger partial charge in [0.05, 0.1) is 6.20 Å². The number of aromatic nitrogens is 4. The van der Waals surface area contributed by atoms with Crippen molar-refractivity contribution in [3.05, 3.63) is 42.6 Å². The molecule has 140 valence electrons. The summed E-state index contributed by atoms with van der Waals surface area (Å²) in [6, 6.07) is 4.77. The van der Waals surface area contributed by atoms with Crippen LogP contribution in [0, 0.1) is 5.82 Å². The largest absolute Gasteiger partial charge is 0.465 e. The summed E-state index contributed by atoms with van der Waals surface area (Å²) >= 11 is 0. The molecule has 4 rings (SSSR count). The van der Waals surface area contributed by atoms with E-state index in [2.05, 4.69) is 15.0 Å². The first kappa shape index (κ1) is 17.2. The number of imidazole rings is 1. The zero-order valence-corrected chi connectivity index (χ0v) is 14.8. The minimum atomic E-state index is -0.899. The fourth-order valence-electron chi connectivity index (χ4n) is 3.42. The second-order valence-corrected chi connectivity index (χ2v) is 6.59. The van der Waals surface area contributed by atoms with Gasteiger partial charge in [-0.25, -0.2) is 24.1 Å². The van der Waals surface area contributed by atoms with Crippen molar-refractivity contribution in [2.75, 3.05) is 25.0 Å². The average Bonchev–Trinajstić information content (AvgIpc) is 3.10. The van der Waals surface area contributed by atoms with Gasteiger partial charge in [0.2, 0.25) is 0 Å². The third-order valence-electron chi connectivity index (χ3n) is 4.92. The molecule has 0 bridgehead atoms. The SMILES string of the molecule is CN(c1ccnc(-c2cnc3ccc(F)cn23)n1)C1CCCN(C(=O)O)C1. The quantitative estimate of drug-likeness (QED) is 0.762. The fourth-order valence-corrected chi connectivity index (χ4v) is 3.42. The molecule has 1 unspecified atom stereocenters. The molecule has 0 aromatic carbocycles. The summed E-state index contributed by atoms with van der Waals surface area (Å²) in [7, 11) is 1.90. The van der Waals surface area contributed by atoms with Gasteiger partial charge in [0.25, 0.3) is 0 Å². The Morgan fingerprint density at radius 1 is 1.33 bits per heavy atom. The van der Waals surface area contributed by atoms with Crippen LogP contribution < -0.4 is 4.90 Å². The highest BCUT2D eigenvalue weighted by atomic mass is 19.1. The topological polar surface area (TPSA) is 86.9 Å². The van der Waals surface area contributed by atoms with Crippen molar-refractivity contribution in [3.63, 3.8) is 0 Å².